The lowest BCUT2D eigenvalue weighted by molar-refractivity contribution is -0.341. The van der Waals surface area contributed by atoms with Crippen LogP contribution in [0.15, 0.2) is 47.9 Å². The van der Waals surface area contributed by atoms with Gasteiger partial charge in [0.25, 0.3) is 11.7 Å². The SMILES string of the molecule is COC1/C=C/OC2(C)Oc3c(C)c(O)c4c(c3C2=O)C(=O)C=C(NC(=O)/C(C)=C\C=C/C(C)C(O)C(C)C2OC(C)(C)OC(C1C)C2C)C4=O. The number of nitrogens with one attached hydrogen (secondary N) is 1. The Labute approximate surface area is 292 Å². The van der Waals surface area contributed by atoms with Crippen LogP contribution in [-0.2, 0) is 23.7 Å². The summed E-state index contributed by atoms with van der Waals surface area (Å²) in [5.41, 5.74) is -1.02. The van der Waals surface area contributed by atoms with Crippen molar-refractivity contribution in [2.75, 3.05) is 7.11 Å². The molecule has 12 heteroatoms. The minimum atomic E-state index is -1.95. The molecule has 1 aromatic carbocycles. The van der Waals surface area contributed by atoms with Crippen LogP contribution in [0, 0.1) is 30.6 Å². The Kier molecular flexibility index (Phi) is 10.1. The molecule has 50 heavy (non-hydrogen) atoms. The number of Topliss-reactive ketones (excluding diaryl/α,β-unsaturated/α-hetero) is 2. The number of aliphatic hydroxyl groups is 1. The van der Waals surface area contributed by atoms with Crippen LogP contribution < -0.4 is 10.1 Å². The van der Waals surface area contributed by atoms with E-state index < -0.39 is 58.4 Å². The molecule has 1 aromatic rings. The van der Waals surface area contributed by atoms with Crippen molar-refractivity contribution >= 4 is 23.3 Å². The lowest BCUT2D eigenvalue weighted by Crippen LogP contribution is -2.57. The first-order chi connectivity index (χ1) is 23.3. The number of carbonyl (C=O) groups excluding carboxylic acids is 4. The number of aliphatic hydroxyl groups excluding tert-OH is 1. The van der Waals surface area contributed by atoms with E-state index in [2.05, 4.69) is 5.32 Å². The summed E-state index contributed by atoms with van der Waals surface area (Å²) < 4.78 is 30.6. The van der Waals surface area contributed by atoms with Gasteiger partial charge < -0.3 is 39.2 Å². The number of benzene rings is 1. The van der Waals surface area contributed by atoms with E-state index in [0.717, 1.165) is 6.08 Å². The molecule has 0 spiro atoms. The summed E-state index contributed by atoms with van der Waals surface area (Å²) in [6.45, 7) is 15.8. The Balaban J connectivity index is 1.59. The van der Waals surface area contributed by atoms with Gasteiger partial charge >= 0.3 is 5.79 Å². The number of phenols is 1. The fourth-order valence-corrected chi connectivity index (χ4v) is 7.31. The molecule has 0 aromatic heterocycles. The molecule has 6 rings (SSSR count). The largest absolute Gasteiger partial charge is 0.507 e. The number of carbonyl (C=O) groups is 4. The number of ether oxygens (including phenoxy) is 5. The first kappa shape index (κ1) is 37.2. The van der Waals surface area contributed by atoms with E-state index in [-0.39, 0.29) is 69.6 Å². The van der Waals surface area contributed by atoms with E-state index in [1.54, 1.807) is 25.3 Å². The molecular formula is C38H47NO11. The van der Waals surface area contributed by atoms with E-state index >= 15 is 0 Å². The summed E-state index contributed by atoms with van der Waals surface area (Å²) in [7, 11) is 1.55. The van der Waals surface area contributed by atoms with Gasteiger partial charge in [-0.25, -0.2) is 0 Å². The minimum Gasteiger partial charge on any atom is -0.507 e. The molecular weight excluding hydrogens is 646 g/mol. The Morgan fingerprint density at radius 1 is 0.880 bits per heavy atom. The van der Waals surface area contributed by atoms with Crippen molar-refractivity contribution in [1.82, 2.24) is 5.32 Å². The number of phenolic OH excluding ortho intramolecular Hbond substituents is 1. The number of rotatable bonds is 1. The second-order valence-electron chi connectivity index (χ2n) is 14.4. The van der Waals surface area contributed by atoms with Gasteiger partial charge in [0.15, 0.2) is 11.6 Å². The van der Waals surface area contributed by atoms with E-state index in [0.29, 0.717) is 0 Å². The normalized spacial score (nSPS) is 36.8. The van der Waals surface area contributed by atoms with Crippen LogP contribution in [0.5, 0.6) is 11.5 Å². The van der Waals surface area contributed by atoms with Crippen molar-refractivity contribution in [2.24, 2.45) is 23.7 Å². The highest BCUT2D eigenvalue weighted by Crippen LogP contribution is 2.48. The van der Waals surface area contributed by atoms with Crippen LogP contribution >= 0.6 is 0 Å². The predicted octanol–water partition coefficient (Wildman–Crippen LogP) is 4.86. The molecule has 9 atom stereocenters. The van der Waals surface area contributed by atoms with E-state index in [4.69, 9.17) is 23.7 Å². The van der Waals surface area contributed by atoms with Crippen LogP contribution in [0.25, 0.3) is 0 Å². The molecule has 270 valence electrons. The van der Waals surface area contributed by atoms with Crippen molar-refractivity contribution in [2.45, 2.75) is 98.3 Å². The highest BCUT2D eigenvalue weighted by molar-refractivity contribution is 6.30. The molecule has 3 N–H and O–H groups in total. The summed E-state index contributed by atoms with van der Waals surface area (Å²) >= 11 is 0. The number of fused-ring (bicyclic) bond motifs is 10. The standard InChI is InChI=1S/C38H47NO11/c1-17-12-11-13-18(2)36(45)39-23-16-24(40)26-27(31(23)43)30(42)21(5)34-28(26)35(44)38(9,50-34)47-15-14-25(46-10)19(3)32-22(6)33(20(4)29(17)41)49-37(7,8)48-32/h11-17,19-20,22,25,29,32-33,41-42H,1-10H3,(H,39,45)/b12-11-,15-14+,18-13-. The first-order valence-corrected chi connectivity index (χ1v) is 16.8. The Morgan fingerprint density at radius 2 is 1.52 bits per heavy atom. The van der Waals surface area contributed by atoms with E-state index in [1.807, 2.05) is 41.5 Å². The van der Waals surface area contributed by atoms with Crippen LogP contribution in [-0.4, -0.2) is 76.6 Å². The third-order valence-electron chi connectivity index (χ3n) is 10.3. The Morgan fingerprint density at radius 3 is 2.16 bits per heavy atom. The molecule has 0 saturated carbocycles. The van der Waals surface area contributed by atoms with Gasteiger partial charge in [0.05, 0.1) is 53.1 Å². The molecule has 1 fully saturated rings. The van der Waals surface area contributed by atoms with Gasteiger partial charge in [-0.1, -0.05) is 45.9 Å². The van der Waals surface area contributed by atoms with Crippen molar-refractivity contribution in [3.8, 4) is 11.5 Å². The number of methoxy groups -OCH3 is 1. The molecule has 4 heterocycles. The third-order valence-corrected chi connectivity index (χ3v) is 10.3. The van der Waals surface area contributed by atoms with Crippen molar-refractivity contribution in [3.05, 3.63) is 70.2 Å². The smallest absolute Gasteiger partial charge is 0.312 e. The van der Waals surface area contributed by atoms with Crippen LogP contribution in [0.2, 0.25) is 0 Å². The number of hydrogen-bond donors (Lipinski definition) is 3. The quantitative estimate of drug-likeness (QED) is 0.368. The zero-order chi connectivity index (χ0) is 37.0. The topological polar surface area (TPSA) is 167 Å². The van der Waals surface area contributed by atoms with Crippen molar-refractivity contribution < 1.29 is 53.1 Å². The van der Waals surface area contributed by atoms with Gasteiger partial charge in [0, 0.05) is 54.9 Å². The molecule has 0 radical (unpaired) electrons. The van der Waals surface area contributed by atoms with E-state index in [9.17, 15) is 29.4 Å². The molecule has 1 saturated heterocycles. The maximum Gasteiger partial charge on any atom is 0.312 e. The van der Waals surface area contributed by atoms with Gasteiger partial charge in [-0.15, -0.1) is 0 Å². The van der Waals surface area contributed by atoms with Gasteiger partial charge in [-0.3, -0.25) is 19.2 Å². The number of aromatic hydroxyl groups is 1. The third kappa shape index (κ3) is 6.45. The predicted molar refractivity (Wildman–Crippen MR) is 182 cm³/mol. The zero-order valence-corrected chi connectivity index (χ0v) is 30.2. The average molecular weight is 694 g/mol. The van der Waals surface area contributed by atoms with Crippen LogP contribution in [0.4, 0.5) is 0 Å². The molecule has 5 aliphatic rings. The monoisotopic (exact) mass is 693 g/mol. The van der Waals surface area contributed by atoms with Crippen LogP contribution in [0.1, 0.15) is 92.0 Å². The second-order valence-corrected chi connectivity index (χ2v) is 14.4. The summed E-state index contributed by atoms with van der Waals surface area (Å²) in [4.78, 5) is 54.2. The molecule has 7 bridgehead atoms. The molecule has 9 unspecified atom stereocenters. The Bertz CT molecular complexity index is 1740. The molecule has 4 aliphatic heterocycles. The van der Waals surface area contributed by atoms with E-state index in [1.165, 1.54) is 33.1 Å². The summed E-state index contributed by atoms with van der Waals surface area (Å²) in [5.74, 6) is -7.64. The highest BCUT2D eigenvalue weighted by atomic mass is 16.7. The van der Waals surface area contributed by atoms with Gasteiger partial charge in [-0.05, 0) is 33.8 Å². The maximum atomic E-state index is 13.9. The van der Waals surface area contributed by atoms with Gasteiger partial charge in [0.1, 0.15) is 11.5 Å². The molecule has 12 nitrogen and oxygen atoms in total. The minimum absolute atomic E-state index is 0.0561. The number of hydrogen-bond acceptors (Lipinski definition) is 11. The second kappa shape index (κ2) is 13.6. The maximum absolute atomic E-state index is 13.9. The van der Waals surface area contributed by atoms with Crippen LogP contribution in [0.3, 0.4) is 0 Å². The van der Waals surface area contributed by atoms with Gasteiger partial charge in [0.2, 0.25) is 5.78 Å². The summed E-state index contributed by atoms with van der Waals surface area (Å²) in [5, 5.41) is 25.0. The van der Waals surface area contributed by atoms with Crippen molar-refractivity contribution in [3.63, 3.8) is 0 Å². The number of ketones is 3. The number of amides is 1. The number of allylic oxidation sites excluding steroid dienone is 4. The van der Waals surface area contributed by atoms with Gasteiger partial charge in [-0.2, -0.15) is 0 Å². The summed E-state index contributed by atoms with van der Waals surface area (Å²) in [6, 6.07) is 0. The zero-order valence-electron chi connectivity index (χ0n) is 30.2. The Hall–Kier alpha value is -4.10. The molecule has 1 amide bonds. The highest BCUT2D eigenvalue weighted by Gasteiger charge is 2.52. The first-order valence-electron chi connectivity index (χ1n) is 16.8. The fourth-order valence-electron chi connectivity index (χ4n) is 7.31. The lowest BCUT2D eigenvalue weighted by atomic mass is 9.77. The average Bonchev–Trinajstić information content (AvgIpc) is 3.32. The molecule has 1 aliphatic carbocycles. The summed E-state index contributed by atoms with van der Waals surface area (Å²) in [6.07, 6.45) is 6.66. The van der Waals surface area contributed by atoms with Crippen molar-refractivity contribution in [1.29, 1.82) is 0 Å². The lowest BCUT2D eigenvalue weighted by Gasteiger charge is -2.50. The fraction of sp³-hybridized carbons (Fsp3) is 0.526.